The molecule has 1 saturated heterocycles. The molecule has 5 rings (SSSR count). The molecule has 0 radical (unpaired) electrons. The van der Waals surface area contributed by atoms with Crippen molar-refractivity contribution in [2.45, 2.75) is 4.90 Å². The van der Waals surface area contributed by atoms with Gasteiger partial charge in [0.2, 0.25) is 0 Å². The van der Waals surface area contributed by atoms with E-state index in [1.807, 2.05) is 4.90 Å². The molecule has 0 bridgehead atoms. The second kappa shape index (κ2) is 11.0. The van der Waals surface area contributed by atoms with Gasteiger partial charge >= 0.3 is 0 Å². The molecule has 1 amide bonds. The summed E-state index contributed by atoms with van der Waals surface area (Å²) >= 11 is 13.9. The zero-order valence-electron chi connectivity index (χ0n) is 20.2. The zero-order valence-corrected chi connectivity index (χ0v) is 23.3. The normalized spacial score (nSPS) is 13.9. The topological polar surface area (TPSA) is 97.0 Å². The molecule has 2 heterocycles. The maximum atomic E-state index is 13.4. The highest BCUT2D eigenvalue weighted by Gasteiger charge is 2.24. The highest BCUT2D eigenvalue weighted by molar-refractivity contribution is 7.92. The van der Waals surface area contributed by atoms with E-state index in [9.17, 15) is 13.2 Å². The molecule has 0 atom stereocenters. The fraction of sp³-hybridized carbons (Fsp3) is 0.192. The lowest BCUT2D eigenvalue weighted by molar-refractivity contribution is 0.103. The number of methoxy groups -OCH3 is 1. The van der Waals surface area contributed by atoms with Gasteiger partial charge < -0.3 is 19.7 Å². The summed E-state index contributed by atoms with van der Waals surface area (Å²) in [6.45, 7) is 2.23. The molecule has 0 spiro atoms. The van der Waals surface area contributed by atoms with Gasteiger partial charge in [-0.05, 0) is 42.5 Å². The van der Waals surface area contributed by atoms with E-state index in [2.05, 4.69) is 10.0 Å². The van der Waals surface area contributed by atoms with Gasteiger partial charge in [-0.1, -0.05) is 41.4 Å². The first-order valence-corrected chi connectivity index (χ1v) is 14.6. The van der Waals surface area contributed by atoms with E-state index in [1.165, 1.54) is 30.6 Å². The SMILES string of the molecule is COc1ccccc1NS(=O)(=O)c1ccc(N2CCOCC2)c(NC(=O)c2sc3cc(Cl)ccc3c2Cl)c1. The highest BCUT2D eigenvalue weighted by atomic mass is 35.5. The molecule has 198 valence electrons. The molecule has 38 heavy (non-hydrogen) atoms. The number of ether oxygens (including phenoxy) is 2. The second-order valence-electron chi connectivity index (χ2n) is 8.42. The van der Waals surface area contributed by atoms with Crippen molar-refractivity contribution in [2.24, 2.45) is 0 Å². The zero-order chi connectivity index (χ0) is 26.9. The number of benzene rings is 3. The first kappa shape index (κ1) is 26.6. The summed E-state index contributed by atoms with van der Waals surface area (Å²) in [6.07, 6.45) is 0. The summed E-state index contributed by atoms with van der Waals surface area (Å²) < 4.78 is 40.7. The van der Waals surface area contributed by atoms with E-state index in [0.29, 0.717) is 64.0 Å². The molecular weight excluding hydrogens is 569 g/mol. The molecule has 3 aromatic carbocycles. The summed E-state index contributed by atoms with van der Waals surface area (Å²) in [4.78, 5) is 15.7. The number of anilines is 3. The number of amides is 1. The van der Waals surface area contributed by atoms with Gasteiger partial charge in [-0.3, -0.25) is 9.52 Å². The average Bonchev–Trinajstić information content (AvgIpc) is 3.24. The third kappa shape index (κ3) is 5.41. The number of sulfonamides is 1. The highest BCUT2D eigenvalue weighted by Crippen LogP contribution is 2.38. The van der Waals surface area contributed by atoms with Gasteiger partial charge in [0, 0.05) is 28.2 Å². The fourth-order valence-corrected chi connectivity index (χ4v) is 6.94. The third-order valence-electron chi connectivity index (χ3n) is 6.03. The Balaban J connectivity index is 1.52. The van der Waals surface area contributed by atoms with Gasteiger partial charge in [-0.2, -0.15) is 0 Å². The quantitative estimate of drug-likeness (QED) is 0.269. The van der Waals surface area contributed by atoms with Crippen molar-refractivity contribution >= 4 is 77.6 Å². The lowest BCUT2D eigenvalue weighted by Gasteiger charge is -2.30. The van der Waals surface area contributed by atoms with E-state index in [-0.39, 0.29) is 4.90 Å². The van der Waals surface area contributed by atoms with Gasteiger partial charge in [0.1, 0.15) is 10.6 Å². The Bertz CT molecular complexity index is 1620. The van der Waals surface area contributed by atoms with Gasteiger partial charge in [0.15, 0.2) is 0 Å². The van der Waals surface area contributed by atoms with Gasteiger partial charge in [0.25, 0.3) is 15.9 Å². The summed E-state index contributed by atoms with van der Waals surface area (Å²) in [5, 5.41) is 4.47. The van der Waals surface area contributed by atoms with Crippen LogP contribution in [-0.4, -0.2) is 47.7 Å². The van der Waals surface area contributed by atoms with Crippen LogP contribution in [0, 0.1) is 0 Å². The van der Waals surface area contributed by atoms with Crippen LogP contribution in [-0.2, 0) is 14.8 Å². The number of carbonyl (C=O) groups is 1. The predicted molar refractivity (Wildman–Crippen MR) is 153 cm³/mol. The number of para-hydroxylation sites is 2. The lowest BCUT2D eigenvalue weighted by Crippen LogP contribution is -2.36. The van der Waals surface area contributed by atoms with Crippen LogP contribution in [0.15, 0.2) is 65.6 Å². The number of hydrogen-bond acceptors (Lipinski definition) is 7. The number of carbonyl (C=O) groups excluding carboxylic acids is 1. The van der Waals surface area contributed by atoms with Crippen LogP contribution in [0.3, 0.4) is 0 Å². The summed E-state index contributed by atoms with van der Waals surface area (Å²) in [5.74, 6) is -0.0666. The number of rotatable bonds is 7. The third-order valence-corrected chi connectivity index (χ3v) is 9.28. The molecule has 8 nitrogen and oxygen atoms in total. The Kier molecular flexibility index (Phi) is 7.69. The molecule has 1 aliphatic heterocycles. The van der Waals surface area contributed by atoms with E-state index in [1.54, 1.807) is 48.5 Å². The predicted octanol–water partition coefficient (Wildman–Crippen LogP) is 6.11. The van der Waals surface area contributed by atoms with Crippen LogP contribution in [0.5, 0.6) is 5.75 Å². The standard InChI is InChI=1S/C26H23Cl2N3O5S2/c1-35-22-5-3-2-4-19(22)30-38(33,34)17-7-9-21(31-10-12-36-13-11-31)20(15-17)29-26(32)25-24(28)18-8-6-16(27)14-23(18)37-25/h2-9,14-15,30H,10-13H2,1H3,(H,29,32). The van der Waals surface area contributed by atoms with Gasteiger partial charge in [0.05, 0.1) is 47.3 Å². The number of hydrogen-bond donors (Lipinski definition) is 2. The molecule has 12 heteroatoms. The van der Waals surface area contributed by atoms with Crippen LogP contribution in [0.2, 0.25) is 10.0 Å². The summed E-state index contributed by atoms with van der Waals surface area (Å²) in [6, 6.07) is 16.6. The number of nitrogens with one attached hydrogen (secondary N) is 2. The molecular formula is C26H23Cl2N3O5S2. The van der Waals surface area contributed by atoms with E-state index >= 15 is 0 Å². The van der Waals surface area contributed by atoms with Gasteiger partial charge in [-0.15, -0.1) is 11.3 Å². The molecule has 1 aromatic heterocycles. The van der Waals surface area contributed by atoms with Gasteiger partial charge in [-0.25, -0.2) is 8.42 Å². The van der Waals surface area contributed by atoms with Crippen molar-refractivity contribution in [3.05, 3.63) is 75.6 Å². The molecule has 0 saturated carbocycles. The van der Waals surface area contributed by atoms with Crippen LogP contribution in [0.1, 0.15) is 9.67 Å². The van der Waals surface area contributed by atoms with E-state index in [0.717, 1.165) is 10.1 Å². The maximum Gasteiger partial charge on any atom is 0.267 e. The molecule has 1 aliphatic rings. The molecule has 2 N–H and O–H groups in total. The Labute approximate surface area is 234 Å². The molecule has 0 unspecified atom stereocenters. The smallest absolute Gasteiger partial charge is 0.267 e. The summed E-state index contributed by atoms with van der Waals surface area (Å²) in [5.41, 5.74) is 1.32. The largest absolute Gasteiger partial charge is 0.495 e. The Morgan fingerprint density at radius 2 is 1.79 bits per heavy atom. The first-order valence-electron chi connectivity index (χ1n) is 11.6. The van der Waals surface area contributed by atoms with Crippen LogP contribution in [0.25, 0.3) is 10.1 Å². The fourth-order valence-electron chi connectivity index (χ4n) is 4.16. The van der Waals surface area contributed by atoms with Crippen molar-refractivity contribution in [1.82, 2.24) is 0 Å². The average molecular weight is 593 g/mol. The number of halogens is 2. The Morgan fingerprint density at radius 1 is 1.03 bits per heavy atom. The van der Waals surface area contributed by atoms with Crippen molar-refractivity contribution in [1.29, 1.82) is 0 Å². The Hall–Kier alpha value is -3.02. The van der Waals surface area contributed by atoms with E-state index < -0.39 is 15.9 Å². The van der Waals surface area contributed by atoms with Crippen molar-refractivity contribution in [2.75, 3.05) is 48.4 Å². The Morgan fingerprint density at radius 3 is 2.55 bits per heavy atom. The van der Waals surface area contributed by atoms with Crippen LogP contribution < -0.4 is 19.7 Å². The number of thiophene rings is 1. The minimum Gasteiger partial charge on any atom is -0.495 e. The number of nitrogens with zero attached hydrogens (tertiary/aromatic N) is 1. The number of fused-ring (bicyclic) bond motifs is 1. The van der Waals surface area contributed by atoms with Crippen LogP contribution in [0.4, 0.5) is 17.1 Å². The maximum absolute atomic E-state index is 13.4. The first-order chi connectivity index (χ1) is 18.3. The summed E-state index contributed by atoms with van der Waals surface area (Å²) in [7, 11) is -2.55. The minimum absolute atomic E-state index is 0.0232. The van der Waals surface area contributed by atoms with Crippen LogP contribution >= 0.6 is 34.5 Å². The molecule has 4 aromatic rings. The van der Waals surface area contributed by atoms with Crippen molar-refractivity contribution in [3.63, 3.8) is 0 Å². The monoisotopic (exact) mass is 591 g/mol. The molecule has 0 aliphatic carbocycles. The number of morpholine rings is 1. The minimum atomic E-state index is -4.01. The van der Waals surface area contributed by atoms with Crippen molar-refractivity contribution < 1.29 is 22.7 Å². The van der Waals surface area contributed by atoms with E-state index in [4.69, 9.17) is 32.7 Å². The lowest BCUT2D eigenvalue weighted by atomic mass is 10.2. The second-order valence-corrected chi connectivity index (χ2v) is 12.0. The van der Waals surface area contributed by atoms with Crippen molar-refractivity contribution in [3.8, 4) is 5.75 Å². The molecule has 1 fully saturated rings.